The summed E-state index contributed by atoms with van der Waals surface area (Å²) in [7, 11) is -1.93. The van der Waals surface area contributed by atoms with Crippen LogP contribution in [0.5, 0.6) is 0 Å². The smallest absolute Gasteiger partial charge is 0.304 e. The van der Waals surface area contributed by atoms with Crippen LogP contribution in [-0.2, 0) is 10.2 Å². The van der Waals surface area contributed by atoms with Crippen LogP contribution in [-0.4, -0.2) is 32.4 Å². The summed E-state index contributed by atoms with van der Waals surface area (Å²) in [6.07, 6.45) is 0.736. The maximum absolute atomic E-state index is 12.6. The summed E-state index contributed by atoms with van der Waals surface area (Å²) in [6.45, 7) is 6.08. The van der Waals surface area contributed by atoms with Crippen molar-refractivity contribution >= 4 is 21.6 Å². The van der Waals surface area contributed by atoms with E-state index in [1.54, 1.807) is 31.3 Å². The number of nitrogens with two attached hydrogens (primary N) is 1. The summed E-state index contributed by atoms with van der Waals surface area (Å²) in [5.41, 5.74) is 6.90. The molecular formula is C13H23N3O2S. The normalized spacial score (nSPS) is 12.1. The molecule has 0 aliphatic carbocycles. The Bertz CT molecular complexity index is 514. The lowest BCUT2D eigenvalue weighted by molar-refractivity contribution is 0.408. The SMILES string of the molecule is CCCN(c1cccc(N)c1)S(=O)(=O)N(C)C(C)C. The number of anilines is 2. The van der Waals surface area contributed by atoms with E-state index in [2.05, 4.69) is 0 Å². The van der Waals surface area contributed by atoms with Crippen LogP contribution in [0.15, 0.2) is 24.3 Å². The van der Waals surface area contributed by atoms with Gasteiger partial charge >= 0.3 is 10.2 Å². The van der Waals surface area contributed by atoms with E-state index in [-0.39, 0.29) is 6.04 Å². The van der Waals surface area contributed by atoms with Crippen LogP contribution in [0.25, 0.3) is 0 Å². The topological polar surface area (TPSA) is 66.6 Å². The molecule has 0 fully saturated rings. The predicted octanol–water partition coefficient (Wildman–Crippen LogP) is 2.07. The molecule has 0 aromatic heterocycles. The molecule has 0 aliphatic rings. The van der Waals surface area contributed by atoms with Crippen molar-refractivity contribution in [2.24, 2.45) is 0 Å². The fourth-order valence-corrected chi connectivity index (χ4v) is 3.32. The van der Waals surface area contributed by atoms with E-state index in [0.717, 1.165) is 6.42 Å². The van der Waals surface area contributed by atoms with Crippen LogP contribution in [0.1, 0.15) is 27.2 Å². The molecule has 0 aliphatic heterocycles. The van der Waals surface area contributed by atoms with Crippen molar-refractivity contribution in [2.75, 3.05) is 23.6 Å². The molecule has 0 saturated heterocycles. The first kappa shape index (κ1) is 15.8. The maximum Gasteiger partial charge on any atom is 0.304 e. The molecule has 0 heterocycles. The maximum atomic E-state index is 12.6. The first-order valence-electron chi connectivity index (χ1n) is 6.42. The molecule has 1 aromatic carbocycles. The van der Waals surface area contributed by atoms with Gasteiger partial charge in [-0.25, -0.2) is 0 Å². The van der Waals surface area contributed by atoms with Gasteiger partial charge < -0.3 is 5.73 Å². The zero-order valence-electron chi connectivity index (χ0n) is 12.0. The molecule has 19 heavy (non-hydrogen) atoms. The third kappa shape index (κ3) is 3.61. The number of rotatable bonds is 6. The first-order chi connectivity index (χ1) is 8.80. The van der Waals surface area contributed by atoms with Gasteiger partial charge in [0.2, 0.25) is 0 Å². The Labute approximate surface area is 116 Å². The van der Waals surface area contributed by atoms with Gasteiger partial charge in [-0.1, -0.05) is 13.0 Å². The van der Waals surface area contributed by atoms with Gasteiger partial charge in [-0.3, -0.25) is 4.31 Å². The van der Waals surface area contributed by atoms with Gasteiger partial charge in [0.25, 0.3) is 0 Å². The number of nitrogens with zero attached hydrogens (tertiary/aromatic N) is 2. The Morgan fingerprint density at radius 3 is 2.42 bits per heavy atom. The molecule has 108 valence electrons. The highest BCUT2D eigenvalue weighted by Gasteiger charge is 2.28. The summed E-state index contributed by atoms with van der Waals surface area (Å²) in [6, 6.07) is 6.86. The third-order valence-corrected chi connectivity index (χ3v) is 5.05. The first-order valence-corrected chi connectivity index (χ1v) is 7.81. The van der Waals surface area contributed by atoms with E-state index >= 15 is 0 Å². The highest BCUT2D eigenvalue weighted by molar-refractivity contribution is 7.90. The number of hydrogen-bond donors (Lipinski definition) is 1. The van der Waals surface area contributed by atoms with E-state index in [1.807, 2.05) is 20.8 Å². The zero-order valence-corrected chi connectivity index (χ0v) is 12.8. The Hall–Kier alpha value is -1.27. The molecule has 6 heteroatoms. The number of benzene rings is 1. The van der Waals surface area contributed by atoms with Crippen molar-refractivity contribution in [3.8, 4) is 0 Å². The summed E-state index contributed by atoms with van der Waals surface area (Å²) in [4.78, 5) is 0. The van der Waals surface area contributed by atoms with Crippen molar-refractivity contribution in [1.82, 2.24) is 4.31 Å². The van der Waals surface area contributed by atoms with Crippen LogP contribution >= 0.6 is 0 Å². The lowest BCUT2D eigenvalue weighted by Crippen LogP contribution is -2.45. The largest absolute Gasteiger partial charge is 0.399 e. The fourth-order valence-electron chi connectivity index (χ4n) is 1.68. The molecule has 2 N–H and O–H groups in total. The lowest BCUT2D eigenvalue weighted by atomic mass is 10.3. The average Bonchev–Trinajstić information content (AvgIpc) is 2.34. The average molecular weight is 285 g/mol. The Balaban J connectivity index is 3.21. The van der Waals surface area contributed by atoms with Crippen molar-refractivity contribution in [2.45, 2.75) is 33.2 Å². The fraction of sp³-hybridized carbons (Fsp3) is 0.538. The van der Waals surface area contributed by atoms with Gasteiger partial charge in [0.05, 0.1) is 5.69 Å². The summed E-state index contributed by atoms with van der Waals surface area (Å²) >= 11 is 0. The molecule has 0 atom stereocenters. The standard InChI is InChI=1S/C13H23N3O2S/c1-5-9-16(13-8-6-7-12(14)10-13)19(17,18)15(4)11(2)3/h6-8,10-11H,5,9,14H2,1-4H3. The van der Waals surface area contributed by atoms with Gasteiger partial charge in [0.1, 0.15) is 0 Å². The molecule has 0 bridgehead atoms. The predicted molar refractivity (Wildman–Crippen MR) is 80.3 cm³/mol. The van der Waals surface area contributed by atoms with Crippen LogP contribution in [0.4, 0.5) is 11.4 Å². The molecule has 5 nitrogen and oxygen atoms in total. The Kier molecular flexibility index (Phi) is 5.20. The summed E-state index contributed by atoms with van der Waals surface area (Å²) in [5.74, 6) is 0. The van der Waals surface area contributed by atoms with Gasteiger partial charge in [-0.2, -0.15) is 12.7 Å². The minimum absolute atomic E-state index is 0.0922. The van der Waals surface area contributed by atoms with Crippen molar-refractivity contribution in [1.29, 1.82) is 0 Å². The third-order valence-electron chi connectivity index (χ3n) is 2.95. The second-order valence-corrected chi connectivity index (χ2v) is 6.70. The van der Waals surface area contributed by atoms with Gasteiger partial charge in [-0.15, -0.1) is 0 Å². The van der Waals surface area contributed by atoms with E-state index in [9.17, 15) is 8.42 Å². The minimum atomic E-state index is -3.52. The summed E-state index contributed by atoms with van der Waals surface area (Å²) in [5, 5.41) is 0. The number of hydrogen-bond acceptors (Lipinski definition) is 3. The van der Waals surface area contributed by atoms with Crippen LogP contribution in [0.3, 0.4) is 0 Å². The molecule has 1 rings (SSSR count). The second-order valence-electron chi connectivity index (χ2n) is 4.78. The van der Waals surface area contributed by atoms with Crippen LogP contribution in [0, 0.1) is 0 Å². The highest BCUT2D eigenvalue weighted by atomic mass is 32.2. The van der Waals surface area contributed by atoms with E-state index in [4.69, 9.17) is 5.73 Å². The monoisotopic (exact) mass is 285 g/mol. The van der Waals surface area contributed by atoms with Crippen molar-refractivity contribution < 1.29 is 8.42 Å². The lowest BCUT2D eigenvalue weighted by Gasteiger charge is -2.31. The molecule has 1 aromatic rings. The van der Waals surface area contributed by atoms with E-state index in [0.29, 0.717) is 17.9 Å². The molecule has 0 saturated carbocycles. The van der Waals surface area contributed by atoms with Crippen LogP contribution < -0.4 is 10.0 Å². The van der Waals surface area contributed by atoms with Gasteiger partial charge in [0.15, 0.2) is 0 Å². The Morgan fingerprint density at radius 2 is 1.95 bits per heavy atom. The van der Waals surface area contributed by atoms with Gasteiger partial charge in [0, 0.05) is 25.3 Å². The van der Waals surface area contributed by atoms with Crippen molar-refractivity contribution in [3.63, 3.8) is 0 Å². The minimum Gasteiger partial charge on any atom is -0.399 e. The molecule has 0 radical (unpaired) electrons. The summed E-state index contributed by atoms with van der Waals surface area (Å²) < 4.78 is 27.9. The molecule has 0 spiro atoms. The molecule has 0 unspecified atom stereocenters. The molecule has 0 amide bonds. The number of nitrogen functional groups attached to an aromatic ring is 1. The Morgan fingerprint density at radius 1 is 1.32 bits per heavy atom. The van der Waals surface area contributed by atoms with Crippen molar-refractivity contribution in [3.05, 3.63) is 24.3 Å². The highest BCUT2D eigenvalue weighted by Crippen LogP contribution is 2.23. The van der Waals surface area contributed by atoms with E-state index in [1.165, 1.54) is 8.61 Å². The zero-order chi connectivity index (χ0) is 14.6. The molecular weight excluding hydrogens is 262 g/mol. The van der Waals surface area contributed by atoms with Gasteiger partial charge in [-0.05, 0) is 38.5 Å². The van der Waals surface area contributed by atoms with Crippen LogP contribution in [0.2, 0.25) is 0 Å². The second kappa shape index (κ2) is 6.25. The van der Waals surface area contributed by atoms with E-state index < -0.39 is 10.2 Å². The quantitative estimate of drug-likeness (QED) is 0.814.